The number of aryl methyl sites for hydroxylation is 1. The summed E-state index contributed by atoms with van der Waals surface area (Å²) in [5.74, 6) is 3.12. The molecule has 8 heteroatoms. The van der Waals surface area contributed by atoms with Gasteiger partial charge in [-0.2, -0.15) is 16.8 Å². The van der Waals surface area contributed by atoms with Crippen LogP contribution >= 0.6 is 34.9 Å². The van der Waals surface area contributed by atoms with Gasteiger partial charge >= 0.3 is 0 Å². The number of fused-ring (bicyclic) bond motifs is 2. The van der Waals surface area contributed by atoms with Crippen molar-refractivity contribution in [1.29, 1.82) is 0 Å². The zero-order chi connectivity index (χ0) is 19.5. The molecule has 0 unspecified atom stereocenters. The van der Waals surface area contributed by atoms with Crippen molar-refractivity contribution >= 4 is 51.0 Å². The molecule has 2 aromatic carbocycles. The molecule has 0 saturated heterocycles. The van der Waals surface area contributed by atoms with Gasteiger partial charge < -0.3 is 14.0 Å². The molecule has 0 radical (unpaired) electrons. The van der Waals surface area contributed by atoms with Gasteiger partial charge in [-0.1, -0.05) is 30.4 Å². The second-order valence-electron chi connectivity index (χ2n) is 6.05. The summed E-state index contributed by atoms with van der Waals surface area (Å²) < 4.78 is 14.2. The zero-order valence-electron chi connectivity index (χ0n) is 15.6. The Kier molecular flexibility index (Phi) is 5.99. The van der Waals surface area contributed by atoms with Crippen molar-refractivity contribution in [2.75, 3.05) is 24.6 Å². The number of rotatable bonds is 6. The van der Waals surface area contributed by atoms with Crippen LogP contribution in [-0.2, 0) is 6.54 Å². The van der Waals surface area contributed by atoms with Crippen LogP contribution in [0.3, 0.4) is 0 Å². The maximum Gasteiger partial charge on any atom is 0.280 e. The predicted molar refractivity (Wildman–Crippen MR) is 117 cm³/mol. The van der Waals surface area contributed by atoms with E-state index < -0.39 is 0 Å². The van der Waals surface area contributed by atoms with Gasteiger partial charge in [-0.05, 0) is 24.1 Å². The molecule has 0 saturated carbocycles. The van der Waals surface area contributed by atoms with E-state index in [0.29, 0.717) is 10.4 Å². The minimum atomic E-state index is -0.207. The number of ether oxygens (including phenoxy) is 2. The van der Waals surface area contributed by atoms with Crippen LogP contribution in [0, 0.1) is 0 Å². The van der Waals surface area contributed by atoms with E-state index in [9.17, 15) is 4.79 Å². The summed E-state index contributed by atoms with van der Waals surface area (Å²) in [6.07, 6.45) is 2.07. The summed E-state index contributed by atoms with van der Waals surface area (Å²) in [5, 5.41) is 0. The first kappa shape index (κ1) is 19.4. The van der Waals surface area contributed by atoms with Crippen LogP contribution in [0.2, 0.25) is 0 Å². The van der Waals surface area contributed by atoms with E-state index in [1.54, 1.807) is 23.5 Å². The van der Waals surface area contributed by atoms with E-state index in [2.05, 4.69) is 22.7 Å². The summed E-state index contributed by atoms with van der Waals surface area (Å²) in [6, 6.07) is 11.6. The Morgan fingerprint density at radius 1 is 1.25 bits per heavy atom. The topological polar surface area (TPSA) is 52.8 Å². The second-order valence-corrected chi connectivity index (χ2v) is 9.35. The highest BCUT2D eigenvalue weighted by atomic mass is 32.2. The standard InChI is InChI=1S/C20H20N2O3S3/c1-3-27-17-7-5-4-6-13(17)19(23)21-20-22(8-9-26-2)14-10-15-16(25-12-24-15)11-18(14)28-20/h4-7,10-11H,3,8-9,12H2,1-2H3. The monoisotopic (exact) mass is 432 g/mol. The summed E-state index contributed by atoms with van der Waals surface area (Å²) >= 11 is 4.93. The van der Waals surface area contributed by atoms with Crippen LogP contribution in [-0.4, -0.2) is 35.0 Å². The van der Waals surface area contributed by atoms with Gasteiger partial charge in [-0.15, -0.1) is 11.8 Å². The second kappa shape index (κ2) is 8.63. The molecule has 28 heavy (non-hydrogen) atoms. The van der Waals surface area contributed by atoms with Gasteiger partial charge in [0.05, 0.1) is 15.8 Å². The van der Waals surface area contributed by atoms with E-state index in [0.717, 1.165) is 44.7 Å². The first-order chi connectivity index (χ1) is 13.7. The summed E-state index contributed by atoms with van der Waals surface area (Å²) in [5.41, 5.74) is 1.67. The van der Waals surface area contributed by atoms with E-state index >= 15 is 0 Å². The van der Waals surface area contributed by atoms with Crippen molar-refractivity contribution in [2.24, 2.45) is 4.99 Å². The normalized spacial score (nSPS) is 13.4. The highest BCUT2D eigenvalue weighted by molar-refractivity contribution is 7.99. The van der Waals surface area contributed by atoms with E-state index in [-0.39, 0.29) is 12.7 Å². The van der Waals surface area contributed by atoms with Crippen molar-refractivity contribution in [3.8, 4) is 11.5 Å². The third-order valence-electron chi connectivity index (χ3n) is 4.31. The smallest absolute Gasteiger partial charge is 0.280 e. The van der Waals surface area contributed by atoms with Gasteiger partial charge in [0.15, 0.2) is 16.3 Å². The number of aromatic nitrogens is 1. The molecule has 3 aromatic rings. The highest BCUT2D eigenvalue weighted by Crippen LogP contribution is 2.37. The Morgan fingerprint density at radius 3 is 2.82 bits per heavy atom. The largest absolute Gasteiger partial charge is 0.454 e. The predicted octanol–water partition coefficient (Wildman–Crippen LogP) is 4.65. The lowest BCUT2D eigenvalue weighted by Gasteiger charge is -2.06. The molecule has 1 aliphatic rings. The summed E-state index contributed by atoms with van der Waals surface area (Å²) in [4.78, 5) is 19.1. The number of carbonyl (C=O) groups excluding carboxylic acids is 1. The number of hydrogen-bond donors (Lipinski definition) is 0. The molecule has 5 nitrogen and oxygen atoms in total. The Bertz CT molecular complexity index is 1090. The average molecular weight is 433 g/mol. The SMILES string of the molecule is CCSc1ccccc1C(=O)N=c1sc2cc3c(cc2n1CCSC)OCO3. The van der Waals surface area contributed by atoms with Crippen LogP contribution in [0.5, 0.6) is 11.5 Å². The van der Waals surface area contributed by atoms with Crippen LogP contribution in [0.1, 0.15) is 17.3 Å². The zero-order valence-corrected chi connectivity index (χ0v) is 18.1. The van der Waals surface area contributed by atoms with Gasteiger partial charge in [-0.3, -0.25) is 4.79 Å². The molecule has 0 aliphatic carbocycles. The number of thiazole rings is 1. The maximum atomic E-state index is 13.0. The Hall–Kier alpha value is -1.90. The quantitative estimate of drug-likeness (QED) is 0.531. The Morgan fingerprint density at radius 2 is 2.04 bits per heavy atom. The number of amides is 1. The molecule has 146 valence electrons. The van der Waals surface area contributed by atoms with Gasteiger partial charge in [0.1, 0.15) is 0 Å². The fourth-order valence-electron chi connectivity index (χ4n) is 3.02. The van der Waals surface area contributed by atoms with Crippen LogP contribution in [0.15, 0.2) is 46.3 Å². The molecule has 0 N–H and O–H groups in total. The Balaban J connectivity index is 1.82. The van der Waals surface area contributed by atoms with Crippen molar-refractivity contribution in [2.45, 2.75) is 18.4 Å². The molecule has 0 spiro atoms. The van der Waals surface area contributed by atoms with Crippen LogP contribution < -0.4 is 14.3 Å². The lowest BCUT2D eigenvalue weighted by atomic mass is 10.2. The maximum absolute atomic E-state index is 13.0. The number of thioether (sulfide) groups is 2. The van der Waals surface area contributed by atoms with Crippen molar-refractivity contribution in [3.05, 3.63) is 46.8 Å². The number of carbonyl (C=O) groups is 1. The molecular formula is C20H20N2O3S3. The average Bonchev–Trinajstić information content (AvgIpc) is 3.28. The molecule has 1 aromatic heterocycles. The van der Waals surface area contributed by atoms with Crippen molar-refractivity contribution < 1.29 is 14.3 Å². The van der Waals surface area contributed by atoms with Gasteiger partial charge in [0, 0.05) is 29.3 Å². The number of benzene rings is 2. The fraction of sp³-hybridized carbons (Fsp3) is 0.300. The highest BCUT2D eigenvalue weighted by Gasteiger charge is 2.18. The third-order valence-corrected chi connectivity index (χ3v) is 6.90. The van der Waals surface area contributed by atoms with E-state index in [4.69, 9.17) is 9.47 Å². The van der Waals surface area contributed by atoms with Gasteiger partial charge in [0.25, 0.3) is 5.91 Å². The van der Waals surface area contributed by atoms with Crippen LogP contribution in [0.25, 0.3) is 10.2 Å². The van der Waals surface area contributed by atoms with Crippen LogP contribution in [0.4, 0.5) is 0 Å². The molecule has 0 bridgehead atoms. The van der Waals surface area contributed by atoms with Crippen molar-refractivity contribution in [3.63, 3.8) is 0 Å². The molecule has 0 atom stereocenters. The van der Waals surface area contributed by atoms with Crippen molar-refractivity contribution in [1.82, 2.24) is 4.57 Å². The lowest BCUT2D eigenvalue weighted by molar-refractivity contribution is 0.0995. The number of hydrogen-bond acceptors (Lipinski definition) is 6. The Labute approximate surface area is 175 Å². The minimum Gasteiger partial charge on any atom is -0.454 e. The molecule has 1 amide bonds. The summed E-state index contributed by atoms with van der Waals surface area (Å²) in [6.45, 7) is 3.10. The third kappa shape index (κ3) is 3.81. The first-order valence-electron chi connectivity index (χ1n) is 8.94. The molecule has 1 aliphatic heterocycles. The fourth-order valence-corrected chi connectivity index (χ4v) is 5.24. The molecule has 0 fully saturated rings. The molecule has 2 heterocycles. The lowest BCUT2D eigenvalue weighted by Crippen LogP contribution is -2.18. The van der Waals surface area contributed by atoms with E-state index in [1.807, 2.05) is 36.4 Å². The van der Waals surface area contributed by atoms with Gasteiger partial charge in [-0.25, -0.2) is 0 Å². The van der Waals surface area contributed by atoms with E-state index in [1.165, 1.54) is 11.3 Å². The van der Waals surface area contributed by atoms with Gasteiger partial charge in [0.2, 0.25) is 6.79 Å². The summed E-state index contributed by atoms with van der Waals surface area (Å²) in [7, 11) is 0. The number of nitrogens with zero attached hydrogens (tertiary/aromatic N) is 2. The minimum absolute atomic E-state index is 0.207. The molecule has 4 rings (SSSR count). The molecular weight excluding hydrogens is 412 g/mol. The first-order valence-corrected chi connectivity index (χ1v) is 12.1.